The van der Waals surface area contributed by atoms with Gasteiger partial charge in [-0.15, -0.1) is 0 Å². The lowest BCUT2D eigenvalue weighted by Gasteiger charge is -2.24. The average Bonchev–Trinajstić information content (AvgIpc) is 3.53. The molecule has 0 N–H and O–H groups in total. The molecule has 0 saturated heterocycles. The van der Waals surface area contributed by atoms with Crippen LogP contribution in [0.5, 0.6) is 0 Å². The second-order valence-corrected chi connectivity index (χ2v) is 15.5. The van der Waals surface area contributed by atoms with Crippen LogP contribution in [0.15, 0.2) is 115 Å². The molecule has 0 spiro atoms. The SMILES string of the molecule is Bc1ccc2c(c1)C(C)(C)c1cc(-c3ccc4c(c3)C(C)(C)c3cc(-c5ccc6c(c5)C(C)(C)c5ccccc5-6)ccc3-4)ccc1-2. The van der Waals surface area contributed by atoms with Gasteiger partial charge in [0.05, 0.1) is 0 Å². The van der Waals surface area contributed by atoms with Crippen molar-refractivity contribution in [1.82, 2.24) is 0 Å². The fourth-order valence-electron chi connectivity index (χ4n) is 9.01. The summed E-state index contributed by atoms with van der Waals surface area (Å²) in [5.41, 5.74) is 23.2. The first kappa shape index (κ1) is 27.7. The molecule has 0 atom stereocenters. The van der Waals surface area contributed by atoms with E-state index in [4.69, 9.17) is 0 Å². The van der Waals surface area contributed by atoms with Crippen LogP contribution in [0.3, 0.4) is 0 Å². The minimum atomic E-state index is -0.0906. The first-order chi connectivity index (χ1) is 22.0. The Kier molecular flexibility index (Phi) is 5.42. The minimum Gasteiger partial charge on any atom is -0.0886 e. The number of hydrogen-bond donors (Lipinski definition) is 0. The van der Waals surface area contributed by atoms with Gasteiger partial charge in [0.15, 0.2) is 0 Å². The fourth-order valence-corrected chi connectivity index (χ4v) is 9.01. The summed E-state index contributed by atoms with van der Waals surface area (Å²) in [5.74, 6) is 0. The van der Waals surface area contributed by atoms with Gasteiger partial charge in [-0.25, -0.2) is 0 Å². The van der Waals surface area contributed by atoms with Crippen LogP contribution in [0.1, 0.15) is 74.9 Å². The Labute approximate surface area is 274 Å². The molecule has 3 aliphatic rings. The number of hydrogen-bond acceptors (Lipinski definition) is 0. The molecule has 0 aromatic heterocycles. The van der Waals surface area contributed by atoms with Gasteiger partial charge >= 0.3 is 0 Å². The number of fused-ring (bicyclic) bond motifs is 9. The zero-order valence-electron chi connectivity index (χ0n) is 28.0. The molecule has 6 aromatic carbocycles. The van der Waals surface area contributed by atoms with Crippen molar-refractivity contribution in [1.29, 1.82) is 0 Å². The monoisotopic (exact) mass is 590 g/mol. The predicted molar refractivity (Wildman–Crippen MR) is 198 cm³/mol. The Hall–Kier alpha value is -4.62. The molecule has 0 radical (unpaired) electrons. The molecule has 0 nitrogen and oxygen atoms in total. The van der Waals surface area contributed by atoms with E-state index >= 15 is 0 Å². The van der Waals surface area contributed by atoms with Crippen molar-refractivity contribution in [2.75, 3.05) is 0 Å². The minimum absolute atomic E-state index is 0.000918. The van der Waals surface area contributed by atoms with E-state index in [1.165, 1.54) is 94.5 Å². The van der Waals surface area contributed by atoms with E-state index in [1.54, 1.807) is 0 Å². The van der Waals surface area contributed by atoms with Gasteiger partial charge in [-0.3, -0.25) is 0 Å². The molecular formula is C45H39B. The van der Waals surface area contributed by atoms with Gasteiger partial charge < -0.3 is 0 Å². The van der Waals surface area contributed by atoms with E-state index in [2.05, 4.69) is 165 Å². The van der Waals surface area contributed by atoms with Crippen molar-refractivity contribution in [2.45, 2.75) is 57.8 Å². The van der Waals surface area contributed by atoms with Crippen molar-refractivity contribution >= 4 is 13.3 Å². The predicted octanol–water partition coefficient (Wildman–Crippen LogP) is 10.2. The highest BCUT2D eigenvalue weighted by molar-refractivity contribution is 6.32. The third-order valence-corrected chi connectivity index (χ3v) is 11.8. The van der Waals surface area contributed by atoms with Crippen LogP contribution in [0.4, 0.5) is 0 Å². The second-order valence-electron chi connectivity index (χ2n) is 15.5. The molecule has 0 aliphatic heterocycles. The topological polar surface area (TPSA) is 0 Å². The van der Waals surface area contributed by atoms with Gasteiger partial charge in [-0.05, 0) is 113 Å². The molecule has 0 unspecified atom stereocenters. The molecule has 1 heteroatoms. The van der Waals surface area contributed by atoms with Gasteiger partial charge in [-0.2, -0.15) is 0 Å². The van der Waals surface area contributed by atoms with E-state index in [9.17, 15) is 0 Å². The third-order valence-electron chi connectivity index (χ3n) is 11.8. The first-order valence-electron chi connectivity index (χ1n) is 16.8. The summed E-state index contributed by atoms with van der Waals surface area (Å²) in [6.07, 6.45) is 0. The van der Waals surface area contributed by atoms with E-state index in [0.717, 1.165) is 0 Å². The van der Waals surface area contributed by atoms with Gasteiger partial charge in [0.2, 0.25) is 0 Å². The molecule has 3 aliphatic carbocycles. The number of rotatable bonds is 2. The van der Waals surface area contributed by atoms with E-state index in [0.29, 0.717) is 0 Å². The second kappa shape index (κ2) is 9.01. The maximum absolute atomic E-state index is 2.46. The summed E-state index contributed by atoms with van der Waals surface area (Å²) >= 11 is 0. The molecule has 222 valence electrons. The van der Waals surface area contributed by atoms with E-state index < -0.39 is 0 Å². The third kappa shape index (κ3) is 3.58. The molecule has 0 saturated carbocycles. The summed E-state index contributed by atoms with van der Waals surface area (Å²) < 4.78 is 0. The summed E-state index contributed by atoms with van der Waals surface area (Å²) in [5, 5.41) is 0. The highest BCUT2D eigenvalue weighted by Crippen LogP contribution is 2.53. The Balaban J connectivity index is 1.09. The van der Waals surface area contributed by atoms with Crippen molar-refractivity contribution in [3.8, 4) is 55.6 Å². The van der Waals surface area contributed by atoms with Crippen LogP contribution in [0.25, 0.3) is 55.6 Å². The summed E-state index contributed by atoms with van der Waals surface area (Å²) in [6.45, 7) is 14.3. The van der Waals surface area contributed by atoms with Crippen LogP contribution in [-0.2, 0) is 16.2 Å². The van der Waals surface area contributed by atoms with E-state index in [1.807, 2.05) is 0 Å². The zero-order valence-corrected chi connectivity index (χ0v) is 28.0. The maximum Gasteiger partial charge on any atom is 0.139 e. The zero-order chi connectivity index (χ0) is 31.7. The van der Waals surface area contributed by atoms with Crippen molar-refractivity contribution in [2.24, 2.45) is 0 Å². The van der Waals surface area contributed by atoms with Gasteiger partial charge in [0, 0.05) is 16.2 Å². The largest absolute Gasteiger partial charge is 0.139 e. The lowest BCUT2D eigenvalue weighted by molar-refractivity contribution is 0.659. The fraction of sp³-hybridized carbons (Fsp3) is 0.200. The normalized spacial score (nSPS) is 16.7. The van der Waals surface area contributed by atoms with Crippen molar-refractivity contribution < 1.29 is 0 Å². The van der Waals surface area contributed by atoms with Gasteiger partial charge in [-0.1, -0.05) is 138 Å². The lowest BCUT2D eigenvalue weighted by Crippen LogP contribution is -2.17. The van der Waals surface area contributed by atoms with Crippen molar-refractivity contribution in [3.63, 3.8) is 0 Å². The smallest absolute Gasteiger partial charge is 0.0886 e. The summed E-state index contributed by atoms with van der Waals surface area (Å²) in [4.78, 5) is 0. The molecule has 46 heavy (non-hydrogen) atoms. The number of benzene rings is 6. The molecule has 6 aromatic rings. The van der Waals surface area contributed by atoms with Crippen molar-refractivity contribution in [3.05, 3.63) is 149 Å². The van der Waals surface area contributed by atoms with Crippen LogP contribution in [0.2, 0.25) is 0 Å². The average molecular weight is 591 g/mol. The Morgan fingerprint density at radius 3 is 1.04 bits per heavy atom. The van der Waals surface area contributed by atoms with E-state index in [-0.39, 0.29) is 16.2 Å². The molecule has 0 heterocycles. The van der Waals surface area contributed by atoms with Gasteiger partial charge in [0.1, 0.15) is 7.85 Å². The maximum atomic E-state index is 2.46. The summed E-state index contributed by atoms with van der Waals surface area (Å²) in [7, 11) is 2.20. The quantitative estimate of drug-likeness (QED) is 0.176. The highest BCUT2D eigenvalue weighted by atomic mass is 14.4. The van der Waals surface area contributed by atoms with Crippen LogP contribution >= 0.6 is 0 Å². The van der Waals surface area contributed by atoms with Crippen LogP contribution < -0.4 is 5.46 Å². The highest BCUT2D eigenvalue weighted by Gasteiger charge is 2.38. The standard InChI is InChI=1S/C45H39B/c1-43(2)37-10-8-7-9-31(37)32-16-11-26(21-38(32)43)27-12-17-33-34-18-13-28(23-40(34)44(3,4)39(33)22-27)29-14-19-35-36-20-15-30(46)25-42(36)45(5,6)41(35)24-29/h7-25H,46H2,1-6H3. The Morgan fingerprint density at radius 1 is 0.326 bits per heavy atom. The lowest BCUT2D eigenvalue weighted by atomic mass is 9.79. The Morgan fingerprint density at radius 2 is 0.630 bits per heavy atom. The van der Waals surface area contributed by atoms with Crippen LogP contribution in [-0.4, -0.2) is 7.85 Å². The first-order valence-corrected chi connectivity index (χ1v) is 16.8. The molecule has 0 bridgehead atoms. The van der Waals surface area contributed by atoms with Crippen LogP contribution in [0, 0.1) is 0 Å². The molecule has 0 amide bonds. The molecular weight excluding hydrogens is 551 g/mol. The molecule has 9 rings (SSSR count). The van der Waals surface area contributed by atoms with Gasteiger partial charge in [0.25, 0.3) is 0 Å². The molecule has 0 fully saturated rings. The summed E-state index contributed by atoms with van der Waals surface area (Å²) in [6, 6.07) is 44.4. The Bertz CT molecular complexity index is 2290.